The number of hydrogen-bond acceptors (Lipinski definition) is 3. The van der Waals surface area contributed by atoms with E-state index in [1.165, 1.54) is 4.90 Å². The standard InChI is InChI=1S/C10H16N2O3/c1-10(2)8(14)12(9(15)11-10)6-4-3-5-7(6)13/h6-7,13H,3-5H2,1-2H3,(H,11,15)/t6-,7-/m0/s1. The second-order valence-corrected chi connectivity index (χ2v) is 4.80. The third-order valence-electron chi connectivity index (χ3n) is 3.17. The number of hydrogen-bond donors (Lipinski definition) is 2. The largest absolute Gasteiger partial charge is 0.391 e. The van der Waals surface area contributed by atoms with E-state index < -0.39 is 11.6 Å². The lowest BCUT2D eigenvalue weighted by Crippen LogP contribution is -2.46. The molecular formula is C10H16N2O3. The van der Waals surface area contributed by atoms with Crippen LogP contribution >= 0.6 is 0 Å². The van der Waals surface area contributed by atoms with E-state index in [-0.39, 0.29) is 18.0 Å². The lowest BCUT2D eigenvalue weighted by atomic mass is 10.1. The summed E-state index contributed by atoms with van der Waals surface area (Å²) in [6.07, 6.45) is 1.68. The topological polar surface area (TPSA) is 69.6 Å². The number of carbonyl (C=O) groups is 2. The molecule has 0 aromatic carbocycles. The summed E-state index contributed by atoms with van der Waals surface area (Å²) < 4.78 is 0. The van der Waals surface area contributed by atoms with Crippen molar-refractivity contribution in [1.82, 2.24) is 10.2 Å². The van der Waals surface area contributed by atoms with Crippen LogP contribution in [0.4, 0.5) is 4.79 Å². The maximum atomic E-state index is 11.9. The summed E-state index contributed by atoms with van der Waals surface area (Å²) in [5.41, 5.74) is -0.834. The molecule has 5 heteroatoms. The predicted molar refractivity (Wildman–Crippen MR) is 53.1 cm³/mol. The average molecular weight is 212 g/mol. The van der Waals surface area contributed by atoms with Crippen LogP contribution in [-0.2, 0) is 4.79 Å². The van der Waals surface area contributed by atoms with Gasteiger partial charge >= 0.3 is 6.03 Å². The van der Waals surface area contributed by atoms with Gasteiger partial charge in [-0.1, -0.05) is 0 Å². The van der Waals surface area contributed by atoms with Crippen molar-refractivity contribution in [3.8, 4) is 0 Å². The molecule has 1 aliphatic heterocycles. The smallest absolute Gasteiger partial charge is 0.325 e. The van der Waals surface area contributed by atoms with Crippen LogP contribution in [0.2, 0.25) is 0 Å². The highest BCUT2D eigenvalue weighted by molar-refractivity contribution is 6.06. The minimum Gasteiger partial charge on any atom is -0.391 e. The second kappa shape index (κ2) is 3.20. The van der Waals surface area contributed by atoms with Gasteiger partial charge in [0, 0.05) is 0 Å². The summed E-state index contributed by atoms with van der Waals surface area (Å²) in [7, 11) is 0. The monoisotopic (exact) mass is 212 g/mol. The number of carbonyl (C=O) groups excluding carboxylic acids is 2. The molecule has 0 radical (unpaired) electrons. The first-order valence-corrected chi connectivity index (χ1v) is 5.27. The molecule has 84 valence electrons. The Labute approximate surface area is 88.4 Å². The van der Waals surface area contributed by atoms with Gasteiger partial charge in [-0.2, -0.15) is 0 Å². The van der Waals surface area contributed by atoms with Crippen LogP contribution in [0.25, 0.3) is 0 Å². The van der Waals surface area contributed by atoms with E-state index >= 15 is 0 Å². The quantitative estimate of drug-likeness (QED) is 0.611. The van der Waals surface area contributed by atoms with Crippen molar-refractivity contribution in [2.24, 2.45) is 0 Å². The van der Waals surface area contributed by atoms with E-state index in [0.29, 0.717) is 12.8 Å². The number of urea groups is 1. The molecule has 2 aliphatic rings. The van der Waals surface area contributed by atoms with Crippen LogP contribution in [0.5, 0.6) is 0 Å². The van der Waals surface area contributed by atoms with Crippen molar-refractivity contribution < 1.29 is 14.7 Å². The zero-order valence-corrected chi connectivity index (χ0v) is 8.99. The van der Waals surface area contributed by atoms with Crippen molar-refractivity contribution in [3.63, 3.8) is 0 Å². The Balaban J connectivity index is 2.23. The predicted octanol–water partition coefficient (Wildman–Crippen LogP) is 0.230. The van der Waals surface area contributed by atoms with Crippen molar-refractivity contribution in [1.29, 1.82) is 0 Å². The first-order valence-electron chi connectivity index (χ1n) is 5.27. The highest BCUT2D eigenvalue weighted by atomic mass is 16.3. The van der Waals surface area contributed by atoms with Crippen molar-refractivity contribution in [2.75, 3.05) is 0 Å². The van der Waals surface area contributed by atoms with E-state index in [2.05, 4.69) is 5.32 Å². The van der Waals surface area contributed by atoms with E-state index in [1.54, 1.807) is 13.8 Å². The highest BCUT2D eigenvalue weighted by Gasteiger charge is 2.49. The van der Waals surface area contributed by atoms with E-state index in [9.17, 15) is 14.7 Å². The van der Waals surface area contributed by atoms with Gasteiger partial charge in [0.15, 0.2) is 0 Å². The summed E-state index contributed by atoms with van der Waals surface area (Å²) in [6.45, 7) is 3.35. The summed E-state index contributed by atoms with van der Waals surface area (Å²) in [6, 6.07) is -0.713. The molecule has 0 aromatic heterocycles. The Kier molecular flexibility index (Phi) is 2.22. The van der Waals surface area contributed by atoms with Gasteiger partial charge in [-0.25, -0.2) is 4.79 Å². The lowest BCUT2D eigenvalue weighted by Gasteiger charge is -2.24. The number of nitrogens with zero attached hydrogens (tertiary/aromatic N) is 1. The molecular weight excluding hydrogens is 196 g/mol. The first kappa shape index (κ1) is 10.4. The zero-order valence-electron chi connectivity index (χ0n) is 8.99. The van der Waals surface area contributed by atoms with Gasteiger partial charge in [0.2, 0.25) is 0 Å². The molecule has 5 nitrogen and oxygen atoms in total. The van der Waals surface area contributed by atoms with E-state index in [0.717, 1.165) is 6.42 Å². The minimum atomic E-state index is -0.834. The molecule has 0 bridgehead atoms. The number of imide groups is 1. The highest BCUT2D eigenvalue weighted by Crippen LogP contribution is 2.29. The van der Waals surface area contributed by atoms with Crippen molar-refractivity contribution in [2.45, 2.75) is 50.8 Å². The van der Waals surface area contributed by atoms with Gasteiger partial charge in [-0.05, 0) is 33.1 Å². The number of rotatable bonds is 1. The first-order chi connectivity index (χ1) is 6.93. The number of nitrogens with one attached hydrogen (secondary N) is 1. The van der Waals surface area contributed by atoms with E-state index in [1.807, 2.05) is 0 Å². The summed E-state index contributed by atoms with van der Waals surface area (Å²) >= 11 is 0. The maximum Gasteiger partial charge on any atom is 0.325 e. The van der Waals surface area contributed by atoms with E-state index in [4.69, 9.17) is 0 Å². The molecule has 2 N–H and O–H groups in total. The van der Waals surface area contributed by atoms with Gasteiger partial charge in [-0.3, -0.25) is 9.69 Å². The average Bonchev–Trinajstić information content (AvgIpc) is 2.58. The Hall–Kier alpha value is -1.10. The molecule has 1 saturated heterocycles. The van der Waals surface area contributed by atoms with Crippen LogP contribution in [0.1, 0.15) is 33.1 Å². The maximum absolute atomic E-state index is 11.9. The lowest BCUT2D eigenvalue weighted by molar-refractivity contribution is -0.133. The molecule has 1 saturated carbocycles. The van der Waals surface area contributed by atoms with Gasteiger partial charge in [-0.15, -0.1) is 0 Å². The van der Waals surface area contributed by atoms with Gasteiger partial charge in [0.05, 0.1) is 12.1 Å². The van der Waals surface area contributed by atoms with Gasteiger partial charge in [0.1, 0.15) is 5.54 Å². The molecule has 0 spiro atoms. The molecule has 0 aromatic rings. The third-order valence-corrected chi connectivity index (χ3v) is 3.17. The third kappa shape index (κ3) is 1.51. The SMILES string of the molecule is CC1(C)NC(=O)N([C@H]2CCC[C@@H]2O)C1=O. The van der Waals surface area contributed by atoms with Crippen LogP contribution < -0.4 is 5.32 Å². The van der Waals surface area contributed by atoms with Crippen LogP contribution in [0, 0.1) is 0 Å². The molecule has 2 rings (SSSR count). The van der Waals surface area contributed by atoms with Crippen molar-refractivity contribution in [3.05, 3.63) is 0 Å². The second-order valence-electron chi connectivity index (χ2n) is 4.80. The Morgan fingerprint density at radius 3 is 2.47 bits per heavy atom. The molecule has 2 atom stereocenters. The Morgan fingerprint density at radius 2 is 2.07 bits per heavy atom. The zero-order chi connectivity index (χ0) is 11.2. The molecule has 0 unspecified atom stereocenters. The summed E-state index contributed by atoms with van der Waals surface area (Å²) in [4.78, 5) is 24.7. The fraction of sp³-hybridized carbons (Fsp3) is 0.800. The molecule has 2 fully saturated rings. The molecule has 1 heterocycles. The Bertz CT molecular complexity index is 314. The molecule has 1 aliphatic carbocycles. The summed E-state index contributed by atoms with van der Waals surface area (Å²) in [5, 5.41) is 12.3. The number of aliphatic hydroxyl groups excluding tert-OH is 1. The summed E-state index contributed by atoms with van der Waals surface area (Å²) in [5.74, 6) is -0.238. The number of aliphatic hydroxyl groups is 1. The fourth-order valence-corrected chi connectivity index (χ4v) is 2.30. The molecule has 3 amide bonds. The van der Waals surface area contributed by atoms with Crippen molar-refractivity contribution >= 4 is 11.9 Å². The van der Waals surface area contributed by atoms with Crippen LogP contribution in [0.3, 0.4) is 0 Å². The van der Waals surface area contributed by atoms with Gasteiger partial charge < -0.3 is 10.4 Å². The fourth-order valence-electron chi connectivity index (χ4n) is 2.30. The number of amides is 3. The van der Waals surface area contributed by atoms with Crippen LogP contribution in [0.15, 0.2) is 0 Å². The minimum absolute atomic E-state index is 0.238. The normalized spacial score (nSPS) is 34.7. The molecule has 15 heavy (non-hydrogen) atoms. The van der Waals surface area contributed by atoms with Gasteiger partial charge in [0.25, 0.3) is 5.91 Å². The Morgan fingerprint density at radius 1 is 1.40 bits per heavy atom. The van der Waals surface area contributed by atoms with Crippen LogP contribution in [-0.4, -0.2) is 39.6 Å².